The van der Waals surface area contributed by atoms with E-state index in [4.69, 9.17) is 5.73 Å². The standard InChI is InChI=1S/C14H26N2/c15-11-14(8-4-9-14)16-10-3-6-12-5-1-2-7-13(12)16/h12-13H,1-11,15H2/t12-,13-/m1/s1. The molecule has 92 valence electrons. The van der Waals surface area contributed by atoms with Crippen LogP contribution in [0.4, 0.5) is 0 Å². The number of nitrogens with two attached hydrogens (primary N) is 1. The highest BCUT2D eigenvalue weighted by Gasteiger charge is 2.47. The van der Waals surface area contributed by atoms with Crippen LogP contribution in [0.25, 0.3) is 0 Å². The second-order valence-corrected chi connectivity index (χ2v) is 6.23. The Balaban J connectivity index is 1.77. The fourth-order valence-electron chi connectivity index (χ4n) is 4.41. The molecule has 0 spiro atoms. The summed E-state index contributed by atoms with van der Waals surface area (Å²) in [5.41, 5.74) is 6.51. The largest absolute Gasteiger partial charge is 0.329 e. The Hall–Kier alpha value is -0.0800. The normalized spacial score (nSPS) is 38.8. The fraction of sp³-hybridized carbons (Fsp3) is 1.00. The van der Waals surface area contributed by atoms with Gasteiger partial charge in [-0.2, -0.15) is 0 Å². The second-order valence-electron chi connectivity index (χ2n) is 6.23. The predicted molar refractivity (Wildman–Crippen MR) is 67.3 cm³/mol. The molecule has 2 saturated carbocycles. The molecule has 0 bridgehead atoms. The first-order valence-corrected chi connectivity index (χ1v) is 7.33. The van der Waals surface area contributed by atoms with Crippen molar-refractivity contribution in [1.82, 2.24) is 4.90 Å². The van der Waals surface area contributed by atoms with Crippen LogP contribution in [-0.4, -0.2) is 29.6 Å². The summed E-state index contributed by atoms with van der Waals surface area (Å²) in [5.74, 6) is 1.01. The van der Waals surface area contributed by atoms with Crippen molar-refractivity contribution in [3.05, 3.63) is 0 Å². The summed E-state index contributed by atoms with van der Waals surface area (Å²) in [7, 11) is 0. The predicted octanol–water partition coefficient (Wildman–Crippen LogP) is 2.52. The number of likely N-dealkylation sites (tertiary alicyclic amines) is 1. The SMILES string of the molecule is NCC1(N2CCC[C@H]3CCCC[C@H]32)CCC1. The molecule has 0 radical (unpaired) electrons. The van der Waals surface area contributed by atoms with Crippen LogP contribution in [0.5, 0.6) is 0 Å². The van der Waals surface area contributed by atoms with Gasteiger partial charge in [0.05, 0.1) is 0 Å². The molecule has 0 aromatic rings. The van der Waals surface area contributed by atoms with E-state index in [0.29, 0.717) is 5.54 Å². The van der Waals surface area contributed by atoms with E-state index in [-0.39, 0.29) is 0 Å². The molecule has 2 heteroatoms. The van der Waals surface area contributed by atoms with Gasteiger partial charge in [0, 0.05) is 18.1 Å². The lowest BCUT2D eigenvalue weighted by atomic mass is 9.69. The first-order chi connectivity index (χ1) is 7.86. The molecule has 3 fully saturated rings. The van der Waals surface area contributed by atoms with E-state index in [1.165, 1.54) is 64.3 Å². The van der Waals surface area contributed by atoms with Gasteiger partial charge in [0.1, 0.15) is 0 Å². The van der Waals surface area contributed by atoms with Crippen molar-refractivity contribution in [1.29, 1.82) is 0 Å². The van der Waals surface area contributed by atoms with Crippen molar-refractivity contribution >= 4 is 0 Å². The van der Waals surface area contributed by atoms with Crippen LogP contribution in [0.15, 0.2) is 0 Å². The van der Waals surface area contributed by atoms with E-state index in [2.05, 4.69) is 4.90 Å². The van der Waals surface area contributed by atoms with Crippen molar-refractivity contribution in [2.75, 3.05) is 13.1 Å². The minimum Gasteiger partial charge on any atom is -0.329 e. The topological polar surface area (TPSA) is 29.3 Å². The molecule has 3 rings (SSSR count). The Labute approximate surface area is 99.6 Å². The van der Waals surface area contributed by atoms with Gasteiger partial charge in [0.2, 0.25) is 0 Å². The molecule has 16 heavy (non-hydrogen) atoms. The summed E-state index contributed by atoms with van der Waals surface area (Å²) < 4.78 is 0. The number of hydrogen-bond acceptors (Lipinski definition) is 2. The van der Waals surface area contributed by atoms with Crippen LogP contribution < -0.4 is 5.73 Å². The van der Waals surface area contributed by atoms with Gasteiger partial charge in [0.15, 0.2) is 0 Å². The molecule has 2 atom stereocenters. The third-order valence-electron chi connectivity index (χ3n) is 5.52. The van der Waals surface area contributed by atoms with E-state index in [9.17, 15) is 0 Å². The van der Waals surface area contributed by atoms with E-state index in [0.717, 1.165) is 18.5 Å². The van der Waals surface area contributed by atoms with Gasteiger partial charge in [-0.05, 0) is 57.4 Å². The molecule has 1 saturated heterocycles. The minimum absolute atomic E-state index is 0.431. The van der Waals surface area contributed by atoms with Crippen LogP contribution >= 0.6 is 0 Å². The zero-order chi connectivity index (χ0) is 11.0. The van der Waals surface area contributed by atoms with Gasteiger partial charge in [-0.1, -0.05) is 12.8 Å². The number of rotatable bonds is 2. The summed E-state index contributed by atoms with van der Waals surface area (Å²) in [6.45, 7) is 2.23. The minimum atomic E-state index is 0.431. The molecular formula is C14H26N2. The molecule has 1 aliphatic heterocycles. The Bertz CT molecular complexity index is 240. The van der Waals surface area contributed by atoms with E-state index < -0.39 is 0 Å². The third-order valence-corrected chi connectivity index (χ3v) is 5.52. The average molecular weight is 222 g/mol. The van der Waals surface area contributed by atoms with Gasteiger partial charge < -0.3 is 5.73 Å². The molecule has 3 aliphatic rings. The van der Waals surface area contributed by atoms with Gasteiger partial charge in [-0.15, -0.1) is 0 Å². The monoisotopic (exact) mass is 222 g/mol. The molecule has 1 heterocycles. The highest BCUT2D eigenvalue weighted by atomic mass is 15.3. The zero-order valence-electron chi connectivity index (χ0n) is 10.5. The van der Waals surface area contributed by atoms with Crippen molar-refractivity contribution in [3.8, 4) is 0 Å². The van der Waals surface area contributed by atoms with Crippen molar-refractivity contribution < 1.29 is 0 Å². The van der Waals surface area contributed by atoms with Gasteiger partial charge in [-0.25, -0.2) is 0 Å². The summed E-state index contributed by atoms with van der Waals surface area (Å²) in [6.07, 6.45) is 12.9. The highest BCUT2D eigenvalue weighted by molar-refractivity contribution is 5.04. The van der Waals surface area contributed by atoms with E-state index in [1.54, 1.807) is 0 Å². The number of fused-ring (bicyclic) bond motifs is 1. The first-order valence-electron chi connectivity index (χ1n) is 7.33. The Morgan fingerprint density at radius 1 is 1.00 bits per heavy atom. The second kappa shape index (κ2) is 4.30. The lowest BCUT2D eigenvalue weighted by Gasteiger charge is -2.57. The average Bonchev–Trinajstić information content (AvgIpc) is 2.29. The van der Waals surface area contributed by atoms with Gasteiger partial charge >= 0.3 is 0 Å². The molecule has 0 amide bonds. The van der Waals surface area contributed by atoms with Gasteiger partial charge in [0.25, 0.3) is 0 Å². The van der Waals surface area contributed by atoms with Crippen LogP contribution in [0, 0.1) is 5.92 Å². The van der Waals surface area contributed by atoms with Crippen LogP contribution in [0.1, 0.15) is 57.8 Å². The molecule has 0 aromatic heterocycles. The lowest BCUT2D eigenvalue weighted by Crippen LogP contribution is -2.64. The quantitative estimate of drug-likeness (QED) is 0.778. The van der Waals surface area contributed by atoms with Gasteiger partial charge in [-0.3, -0.25) is 4.90 Å². The van der Waals surface area contributed by atoms with E-state index in [1.807, 2.05) is 0 Å². The summed E-state index contributed by atoms with van der Waals surface area (Å²) in [5, 5.41) is 0. The number of nitrogens with zero attached hydrogens (tertiary/aromatic N) is 1. The smallest absolute Gasteiger partial charge is 0.0334 e. The maximum atomic E-state index is 6.08. The number of piperidine rings is 1. The Morgan fingerprint density at radius 2 is 1.75 bits per heavy atom. The molecule has 0 unspecified atom stereocenters. The fourth-order valence-corrected chi connectivity index (χ4v) is 4.41. The zero-order valence-corrected chi connectivity index (χ0v) is 10.5. The van der Waals surface area contributed by atoms with Crippen LogP contribution in [0.2, 0.25) is 0 Å². The summed E-state index contributed by atoms with van der Waals surface area (Å²) in [6, 6.07) is 0.895. The highest BCUT2D eigenvalue weighted by Crippen LogP contribution is 2.45. The lowest BCUT2D eigenvalue weighted by molar-refractivity contribution is -0.0634. The molecule has 2 aliphatic carbocycles. The van der Waals surface area contributed by atoms with Crippen LogP contribution in [-0.2, 0) is 0 Å². The molecule has 2 nitrogen and oxygen atoms in total. The third kappa shape index (κ3) is 1.62. The molecule has 2 N–H and O–H groups in total. The maximum absolute atomic E-state index is 6.08. The first kappa shape index (κ1) is 11.0. The summed E-state index contributed by atoms with van der Waals surface area (Å²) in [4.78, 5) is 2.85. The Morgan fingerprint density at radius 3 is 2.44 bits per heavy atom. The van der Waals surface area contributed by atoms with Crippen molar-refractivity contribution in [3.63, 3.8) is 0 Å². The van der Waals surface area contributed by atoms with Crippen molar-refractivity contribution in [2.24, 2.45) is 11.7 Å². The molecular weight excluding hydrogens is 196 g/mol. The molecule has 0 aromatic carbocycles. The summed E-state index contributed by atoms with van der Waals surface area (Å²) >= 11 is 0. The number of hydrogen-bond donors (Lipinski definition) is 1. The Kier molecular flexibility index (Phi) is 2.97. The van der Waals surface area contributed by atoms with E-state index >= 15 is 0 Å². The van der Waals surface area contributed by atoms with Crippen molar-refractivity contribution in [2.45, 2.75) is 69.4 Å². The maximum Gasteiger partial charge on any atom is 0.0334 e. The van der Waals surface area contributed by atoms with Crippen LogP contribution in [0.3, 0.4) is 0 Å².